The van der Waals surface area contributed by atoms with Crippen LogP contribution in [0.3, 0.4) is 0 Å². The normalized spacial score (nSPS) is 23.2. The number of aromatic nitrogens is 2. The van der Waals surface area contributed by atoms with E-state index in [0.29, 0.717) is 11.7 Å². The summed E-state index contributed by atoms with van der Waals surface area (Å²) >= 11 is 1.91. The summed E-state index contributed by atoms with van der Waals surface area (Å²) in [7, 11) is 1.67. The highest BCUT2D eigenvalue weighted by Crippen LogP contribution is 2.23. The summed E-state index contributed by atoms with van der Waals surface area (Å²) < 4.78 is 10.5. The summed E-state index contributed by atoms with van der Waals surface area (Å²) in [4.78, 5) is 4.40. The van der Waals surface area contributed by atoms with Crippen LogP contribution in [-0.2, 0) is 4.74 Å². The van der Waals surface area contributed by atoms with Crippen molar-refractivity contribution in [3.05, 3.63) is 11.7 Å². The summed E-state index contributed by atoms with van der Waals surface area (Å²) in [6.45, 7) is 3.04. The second kappa shape index (κ2) is 5.65. The Morgan fingerprint density at radius 2 is 2.56 bits per heavy atom. The van der Waals surface area contributed by atoms with Gasteiger partial charge in [-0.05, 0) is 6.42 Å². The molecule has 5 nitrogen and oxygen atoms in total. The molecule has 2 rings (SSSR count). The lowest BCUT2D eigenvalue weighted by Crippen LogP contribution is -2.30. The number of thioether (sulfide) groups is 1. The van der Waals surface area contributed by atoms with Gasteiger partial charge in [0.2, 0.25) is 11.7 Å². The maximum atomic E-state index is 5.28. The molecule has 2 heterocycles. The molecular weight excluding hydrogens is 226 g/mol. The SMILES string of the molecule is CCC(OC)c1noc(C2CSCCN2)n1. The molecule has 1 aromatic heterocycles. The molecule has 0 bridgehead atoms. The quantitative estimate of drug-likeness (QED) is 0.865. The summed E-state index contributed by atoms with van der Waals surface area (Å²) in [5.74, 6) is 3.47. The molecule has 1 aromatic rings. The van der Waals surface area contributed by atoms with Gasteiger partial charge in [-0.2, -0.15) is 16.7 Å². The number of rotatable bonds is 4. The van der Waals surface area contributed by atoms with Gasteiger partial charge in [0.15, 0.2) is 0 Å². The number of ether oxygens (including phenoxy) is 1. The van der Waals surface area contributed by atoms with E-state index in [4.69, 9.17) is 9.26 Å². The molecule has 6 heteroatoms. The van der Waals surface area contributed by atoms with Crippen LogP contribution in [0, 0.1) is 0 Å². The van der Waals surface area contributed by atoms with Gasteiger partial charge in [0.25, 0.3) is 0 Å². The van der Waals surface area contributed by atoms with Gasteiger partial charge in [0.05, 0.1) is 6.04 Å². The van der Waals surface area contributed by atoms with Crippen molar-refractivity contribution in [2.75, 3.05) is 25.2 Å². The summed E-state index contributed by atoms with van der Waals surface area (Å²) in [6, 6.07) is 0.189. The van der Waals surface area contributed by atoms with Crippen molar-refractivity contribution in [2.24, 2.45) is 0 Å². The molecule has 1 fully saturated rings. The Hall–Kier alpha value is -0.590. The number of nitrogens with zero attached hydrogens (tertiary/aromatic N) is 2. The minimum absolute atomic E-state index is 0.0613. The first-order valence-corrected chi connectivity index (χ1v) is 6.68. The average Bonchev–Trinajstić information content (AvgIpc) is 2.81. The van der Waals surface area contributed by atoms with Crippen LogP contribution in [-0.4, -0.2) is 35.3 Å². The van der Waals surface area contributed by atoms with Gasteiger partial charge in [-0.15, -0.1) is 0 Å². The first kappa shape index (κ1) is 11.9. The van der Waals surface area contributed by atoms with Crippen LogP contribution >= 0.6 is 11.8 Å². The Morgan fingerprint density at radius 3 is 3.19 bits per heavy atom. The lowest BCUT2D eigenvalue weighted by atomic mass is 10.2. The molecule has 0 aliphatic carbocycles. The lowest BCUT2D eigenvalue weighted by molar-refractivity contribution is 0.0903. The monoisotopic (exact) mass is 243 g/mol. The molecule has 1 saturated heterocycles. The van der Waals surface area contributed by atoms with E-state index < -0.39 is 0 Å². The van der Waals surface area contributed by atoms with Crippen molar-refractivity contribution < 1.29 is 9.26 Å². The predicted octanol–water partition coefficient (Wildman–Crippen LogP) is 1.54. The molecule has 0 saturated carbocycles. The smallest absolute Gasteiger partial charge is 0.244 e. The molecule has 1 aliphatic heterocycles. The zero-order valence-corrected chi connectivity index (χ0v) is 10.4. The van der Waals surface area contributed by atoms with Crippen molar-refractivity contribution in [2.45, 2.75) is 25.5 Å². The predicted molar refractivity (Wildman–Crippen MR) is 62.4 cm³/mol. The number of nitrogens with one attached hydrogen (secondary N) is 1. The van der Waals surface area contributed by atoms with E-state index in [9.17, 15) is 0 Å². The van der Waals surface area contributed by atoms with Gasteiger partial charge in [0, 0.05) is 25.2 Å². The highest BCUT2D eigenvalue weighted by Gasteiger charge is 2.23. The molecule has 0 aromatic carbocycles. The largest absolute Gasteiger partial charge is 0.373 e. The summed E-state index contributed by atoms with van der Waals surface area (Å²) in [5, 5.41) is 7.34. The molecule has 2 atom stereocenters. The summed E-state index contributed by atoms with van der Waals surface area (Å²) in [6.07, 6.45) is 0.788. The van der Waals surface area contributed by atoms with E-state index in [2.05, 4.69) is 15.5 Å². The third kappa shape index (κ3) is 2.56. The molecule has 1 aliphatic rings. The third-order valence-corrected chi connectivity index (χ3v) is 3.68. The molecule has 90 valence electrons. The molecule has 0 radical (unpaired) electrons. The van der Waals surface area contributed by atoms with E-state index in [1.54, 1.807) is 7.11 Å². The first-order valence-electron chi connectivity index (χ1n) is 5.52. The van der Waals surface area contributed by atoms with E-state index in [0.717, 1.165) is 24.5 Å². The number of methoxy groups -OCH3 is 1. The van der Waals surface area contributed by atoms with E-state index in [1.807, 2.05) is 18.7 Å². The molecule has 2 unspecified atom stereocenters. The van der Waals surface area contributed by atoms with Gasteiger partial charge >= 0.3 is 0 Å². The lowest BCUT2D eigenvalue weighted by Gasteiger charge is -2.19. The van der Waals surface area contributed by atoms with Crippen molar-refractivity contribution in [1.29, 1.82) is 0 Å². The topological polar surface area (TPSA) is 60.2 Å². The Kier molecular flexibility index (Phi) is 4.20. The fourth-order valence-corrected chi connectivity index (χ4v) is 2.62. The van der Waals surface area contributed by atoms with Crippen molar-refractivity contribution in [3.63, 3.8) is 0 Å². The van der Waals surface area contributed by atoms with Gasteiger partial charge < -0.3 is 14.6 Å². The zero-order chi connectivity index (χ0) is 11.4. The fraction of sp³-hybridized carbons (Fsp3) is 0.800. The highest BCUT2D eigenvalue weighted by molar-refractivity contribution is 7.99. The van der Waals surface area contributed by atoms with Crippen LogP contribution in [0.15, 0.2) is 4.52 Å². The van der Waals surface area contributed by atoms with E-state index in [-0.39, 0.29) is 12.1 Å². The minimum atomic E-state index is -0.0613. The molecule has 0 spiro atoms. The molecule has 1 N–H and O–H groups in total. The second-order valence-corrected chi connectivity index (χ2v) is 4.85. The van der Waals surface area contributed by atoms with Crippen LogP contribution in [0.25, 0.3) is 0 Å². The van der Waals surface area contributed by atoms with Crippen molar-refractivity contribution in [3.8, 4) is 0 Å². The molecule has 16 heavy (non-hydrogen) atoms. The first-order chi connectivity index (χ1) is 7.85. The summed E-state index contributed by atoms with van der Waals surface area (Å²) in [5.41, 5.74) is 0. The second-order valence-electron chi connectivity index (χ2n) is 3.71. The van der Waals surface area contributed by atoms with E-state index >= 15 is 0 Å². The van der Waals surface area contributed by atoms with Gasteiger partial charge in [-0.3, -0.25) is 0 Å². The maximum absolute atomic E-state index is 5.28. The maximum Gasteiger partial charge on any atom is 0.244 e. The fourth-order valence-electron chi connectivity index (χ4n) is 1.70. The van der Waals surface area contributed by atoms with Gasteiger partial charge in [-0.25, -0.2) is 0 Å². The minimum Gasteiger partial charge on any atom is -0.373 e. The molecule has 0 amide bonds. The van der Waals surface area contributed by atoms with Gasteiger partial charge in [0.1, 0.15) is 6.10 Å². The Bertz CT molecular complexity index is 322. The van der Waals surface area contributed by atoms with Crippen molar-refractivity contribution >= 4 is 11.8 Å². The zero-order valence-electron chi connectivity index (χ0n) is 9.60. The van der Waals surface area contributed by atoms with Crippen LogP contribution in [0.4, 0.5) is 0 Å². The highest BCUT2D eigenvalue weighted by atomic mass is 32.2. The Labute approximate surface area is 99.3 Å². The van der Waals surface area contributed by atoms with Crippen LogP contribution in [0.1, 0.15) is 37.2 Å². The third-order valence-electron chi connectivity index (χ3n) is 2.62. The van der Waals surface area contributed by atoms with Crippen molar-refractivity contribution in [1.82, 2.24) is 15.5 Å². The van der Waals surface area contributed by atoms with Crippen LogP contribution in [0.2, 0.25) is 0 Å². The Morgan fingerprint density at radius 1 is 1.69 bits per heavy atom. The van der Waals surface area contributed by atoms with Crippen LogP contribution in [0.5, 0.6) is 0 Å². The number of hydrogen-bond acceptors (Lipinski definition) is 6. The molecular formula is C10H17N3O2S. The number of hydrogen-bond donors (Lipinski definition) is 1. The Balaban J connectivity index is 2.05. The van der Waals surface area contributed by atoms with Gasteiger partial charge in [-0.1, -0.05) is 12.1 Å². The average molecular weight is 243 g/mol. The van der Waals surface area contributed by atoms with E-state index in [1.165, 1.54) is 0 Å². The standard InChI is InChI=1S/C10H17N3O2S/c1-3-8(14-2)9-12-10(15-13-9)7-6-16-5-4-11-7/h7-8,11H,3-6H2,1-2H3. The van der Waals surface area contributed by atoms with Crippen LogP contribution < -0.4 is 5.32 Å².